The zero-order valence-electron chi connectivity index (χ0n) is 17.9. The number of pyridine rings is 1. The van der Waals surface area contributed by atoms with Crippen molar-refractivity contribution in [3.8, 4) is 11.5 Å². The molecule has 1 saturated heterocycles. The molecule has 1 aliphatic heterocycles. The van der Waals surface area contributed by atoms with Crippen molar-refractivity contribution in [3.05, 3.63) is 53.9 Å². The molecule has 0 bridgehead atoms. The van der Waals surface area contributed by atoms with Gasteiger partial charge in [-0.25, -0.2) is 0 Å². The lowest BCUT2D eigenvalue weighted by Crippen LogP contribution is -2.16. The molecular weight excluding hydrogens is 382 g/mol. The Morgan fingerprint density at radius 3 is 2.63 bits per heavy atom. The average molecular weight is 416 g/mol. The second kappa shape index (κ2) is 12.5. The number of benzene rings is 1. The molecule has 1 fully saturated rings. The molecule has 2 atom stereocenters. The molecule has 2 heterocycles. The van der Waals surface area contributed by atoms with Crippen LogP contribution in [0.2, 0.25) is 0 Å². The van der Waals surface area contributed by atoms with E-state index in [0.717, 1.165) is 37.9 Å². The summed E-state index contributed by atoms with van der Waals surface area (Å²) in [6.45, 7) is 0.743. The van der Waals surface area contributed by atoms with Crippen LogP contribution in [0.25, 0.3) is 0 Å². The predicted molar refractivity (Wildman–Crippen MR) is 115 cm³/mol. The van der Waals surface area contributed by atoms with Crippen LogP contribution in [-0.2, 0) is 15.9 Å². The minimum Gasteiger partial charge on any atom is -0.405 e. The summed E-state index contributed by atoms with van der Waals surface area (Å²) in [5.41, 5.74) is 7.73. The summed E-state index contributed by atoms with van der Waals surface area (Å²) in [4.78, 5) is 15.0. The highest BCUT2D eigenvalue weighted by molar-refractivity contribution is 5.43. The molecule has 0 saturated carbocycles. The predicted octanol–water partition coefficient (Wildman–Crippen LogP) is 4.11. The molecular formula is C23H33N3O4. The molecule has 0 radical (unpaired) electrons. The van der Waals surface area contributed by atoms with Crippen LogP contribution < -0.4 is 20.6 Å². The molecule has 2 unspecified atom stereocenters. The summed E-state index contributed by atoms with van der Waals surface area (Å²) in [6.07, 6.45) is 11.2. The second-order valence-electron chi connectivity index (χ2n) is 7.35. The third-order valence-corrected chi connectivity index (χ3v) is 5.13. The summed E-state index contributed by atoms with van der Waals surface area (Å²) in [7, 11) is 3.42. The first kappa shape index (κ1) is 22.5. The van der Waals surface area contributed by atoms with E-state index in [0.29, 0.717) is 11.5 Å². The second-order valence-corrected chi connectivity index (χ2v) is 7.35. The summed E-state index contributed by atoms with van der Waals surface area (Å²) < 4.78 is 12.1. The Bertz CT molecular complexity index is 744. The highest BCUT2D eigenvalue weighted by Crippen LogP contribution is 2.37. The molecule has 2 aromatic rings. The molecule has 0 aliphatic carbocycles. The summed E-state index contributed by atoms with van der Waals surface area (Å²) in [5.74, 6) is 1.23. The lowest BCUT2D eigenvalue weighted by atomic mass is 10.1. The van der Waals surface area contributed by atoms with Gasteiger partial charge in [0.15, 0.2) is 17.8 Å². The summed E-state index contributed by atoms with van der Waals surface area (Å²) in [5, 5.41) is 0. The first-order chi connectivity index (χ1) is 14.8. The van der Waals surface area contributed by atoms with Crippen LogP contribution in [0, 0.1) is 0 Å². The van der Waals surface area contributed by atoms with Crippen LogP contribution in [0.5, 0.6) is 11.5 Å². The van der Waals surface area contributed by atoms with Gasteiger partial charge >= 0.3 is 0 Å². The molecule has 7 nitrogen and oxygen atoms in total. The Labute approximate surface area is 179 Å². The minimum absolute atomic E-state index is 0.0114. The van der Waals surface area contributed by atoms with Gasteiger partial charge in [-0.2, -0.15) is 11.0 Å². The zero-order chi connectivity index (χ0) is 21.0. The van der Waals surface area contributed by atoms with Gasteiger partial charge in [-0.05, 0) is 55.0 Å². The number of aromatic nitrogens is 1. The van der Waals surface area contributed by atoms with E-state index in [1.165, 1.54) is 24.8 Å². The average Bonchev–Trinajstić information content (AvgIpc) is 3.24. The van der Waals surface area contributed by atoms with Crippen molar-refractivity contribution in [2.24, 2.45) is 0 Å². The van der Waals surface area contributed by atoms with Gasteiger partial charge in [0.2, 0.25) is 0 Å². The van der Waals surface area contributed by atoms with Crippen LogP contribution in [0.4, 0.5) is 0 Å². The highest BCUT2D eigenvalue weighted by Gasteiger charge is 2.27. The van der Waals surface area contributed by atoms with Crippen molar-refractivity contribution in [1.29, 1.82) is 0 Å². The standard InChI is InChI=1S/C23H33N3O4/c1-24-29-21-11-10-19(16-22(21)30-25-2)20-12-13-23(28-20)27-15-6-4-3-5-8-18-9-7-14-26-17-18/h7,9-11,14,16-17,20,23-25H,3-6,8,12-13,15H2,1-2H3. The third-order valence-electron chi connectivity index (χ3n) is 5.13. The Balaban J connectivity index is 1.34. The van der Waals surface area contributed by atoms with Crippen molar-refractivity contribution >= 4 is 0 Å². The fourth-order valence-corrected chi connectivity index (χ4v) is 3.63. The van der Waals surface area contributed by atoms with Crippen molar-refractivity contribution < 1.29 is 19.1 Å². The van der Waals surface area contributed by atoms with Crippen molar-refractivity contribution in [3.63, 3.8) is 0 Å². The molecule has 1 aromatic heterocycles. The van der Waals surface area contributed by atoms with Crippen LogP contribution in [0.15, 0.2) is 42.7 Å². The van der Waals surface area contributed by atoms with Crippen LogP contribution >= 0.6 is 0 Å². The van der Waals surface area contributed by atoms with Gasteiger partial charge in [-0.3, -0.25) is 4.98 Å². The zero-order valence-corrected chi connectivity index (χ0v) is 17.9. The van der Waals surface area contributed by atoms with E-state index in [-0.39, 0.29) is 12.4 Å². The van der Waals surface area contributed by atoms with Gasteiger partial charge in [0.1, 0.15) is 0 Å². The number of aryl methyl sites for hydroxylation is 1. The number of hydrogen-bond acceptors (Lipinski definition) is 7. The molecule has 1 aromatic carbocycles. The van der Waals surface area contributed by atoms with Crippen LogP contribution in [-0.4, -0.2) is 32.0 Å². The number of ether oxygens (including phenoxy) is 2. The molecule has 0 amide bonds. The lowest BCUT2D eigenvalue weighted by molar-refractivity contribution is -0.135. The Hall–Kier alpha value is -2.19. The molecule has 2 N–H and O–H groups in total. The maximum atomic E-state index is 6.10. The summed E-state index contributed by atoms with van der Waals surface area (Å²) >= 11 is 0. The fourth-order valence-electron chi connectivity index (χ4n) is 3.63. The molecule has 1 aliphatic rings. The summed E-state index contributed by atoms with van der Waals surface area (Å²) in [6, 6.07) is 9.96. The Morgan fingerprint density at radius 1 is 1.00 bits per heavy atom. The lowest BCUT2D eigenvalue weighted by Gasteiger charge is -2.17. The van der Waals surface area contributed by atoms with Crippen molar-refractivity contribution in [2.75, 3.05) is 20.7 Å². The molecule has 3 rings (SSSR count). The Kier molecular flexibility index (Phi) is 9.37. The van der Waals surface area contributed by atoms with Crippen LogP contribution in [0.3, 0.4) is 0 Å². The number of hydrogen-bond donors (Lipinski definition) is 2. The number of nitrogens with one attached hydrogen (secondary N) is 2. The molecule has 164 valence electrons. The first-order valence-electron chi connectivity index (χ1n) is 10.8. The topological polar surface area (TPSA) is 73.9 Å². The number of rotatable bonds is 13. The van der Waals surface area contributed by atoms with Crippen molar-refractivity contribution in [2.45, 2.75) is 57.3 Å². The van der Waals surface area contributed by atoms with Gasteiger partial charge in [-0.1, -0.05) is 25.0 Å². The quantitative estimate of drug-likeness (QED) is 0.377. The van der Waals surface area contributed by atoms with Gasteiger partial charge in [-0.15, -0.1) is 0 Å². The number of unbranched alkanes of at least 4 members (excludes halogenated alkanes) is 3. The maximum Gasteiger partial charge on any atom is 0.191 e. The van der Waals surface area contributed by atoms with Gasteiger partial charge in [0.05, 0.1) is 6.10 Å². The van der Waals surface area contributed by atoms with E-state index in [1.807, 2.05) is 36.7 Å². The van der Waals surface area contributed by atoms with E-state index < -0.39 is 0 Å². The Morgan fingerprint density at radius 2 is 1.83 bits per heavy atom. The number of nitrogens with zero attached hydrogens (tertiary/aromatic N) is 1. The largest absolute Gasteiger partial charge is 0.405 e. The third kappa shape index (κ3) is 6.95. The molecule has 0 spiro atoms. The van der Waals surface area contributed by atoms with Crippen LogP contribution in [0.1, 0.15) is 55.8 Å². The SMILES string of the molecule is CNOc1ccc(C2CCC(OCCCCCCc3cccnc3)O2)cc1ONC. The van der Waals surface area contributed by atoms with E-state index in [9.17, 15) is 0 Å². The smallest absolute Gasteiger partial charge is 0.191 e. The van der Waals surface area contributed by atoms with E-state index >= 15 is 0 Å². The van der Waals surface area contributed by atoms with E-state index in [2.05, 4.69) is 22.0 Å². The molecule has 7 heteroatoms. The van der Waals surface area contributed by atoms with Gasteiger partial charge in [0.25, 0.3) is 0 Å². The maximum absolute atomic E-state index is 6.10. The fraction of sp³-hybridized carbons (Fsp3) is 0.522. The van der Waals surface area contributed by atoms with Gasteiger partial charge in [0, 0.05) is 39.5 Å². The highest BCUT2D eigenvalue weighted by atomic mass is 16.7. The normalized spacial score (nSPS) is 18.5. The minimum atomic E-state index is -0.132. The molecule has 30 heavy (non-hydrogen) atoms. The first-order valence-corrected chi connectivity index (χ1v) is 10.8. The van der Waals surface area contributed by atoms with Crippen molar-refractivity contribution in [1.82, 2.24) is 15.9 Å². The van der Waals surface area contributed by atoms with Gasteiger partial charge < -0.3 is 19.1 Å². The number of hydroxylamine groups is 2. The van der Waals surface area contributed by atoms with E-state index in [1.54, 1.807) is 14.1 Å². The monoisotopic (exact) mass is 415 g/mol. The van der Waals surface area contributed by atoms with E-state index in [4.69, 9.17) is 19.1 Å².